The quantitative estimate of drug-likeness (QED) is 0.377. The molecule has 1 aromatic carbocycles. The van der Waals surface area contributed by atoms with E-state index in [0.29, 0.717) is 28.3 Å². The number of aromatic nitrogens is 2. The summed E-state index contributed by atoms with van der Waals surface area (Å²) in [6.07, 6.45) is 2.39. The molecule has 0 bridgehead atoms. The third kappa shape index (κ3) is 6.01. The predicted molar refractivity (Wildman–Crippen MR) is 142 cm³/mol. The molecule has 0 aliphatic heterocycles. The minimum Gasteiger partial charge on any atom is -0.495 e. The van der Waals surface area contributed by atoms with Crippen molar-refractivity contribution in [2.75, 3.05) is 7.11 Å². The first-order chi connectivity index (χ1) is 16.5. The molecule has 0 aliphatic rings. The van der Waals surface area contributed by atoms with Gasteiger partial charge in [0.1, 0.15) is 17.0 Å². The number of methoxy groups -OCH3 is 1. The van der Waals surface area contributed by atoms with Crippen LogP contribution in [0.3, 0.4) is 0 Å². The summed E-state index contributed by atoms with van der Waals surface area (Å²) in [7, 11) is 1.58. The van der Waals surface area contributed by atoms with Gasteiger partial charge in [-0.25, -0.2) is 9.59 Å². The Morgan fingerprint density at radius 1 is 0.694 bits per heavy atom. The van der Waals surface area contributed by atoms with Gasteiger partial charge in [-0.3, -0.25) is 9.13 Å². The number of carbonyl (C=O) groups excluding carboxylic acids is 2. The molecule has 0 radical (unpaired) electrons. The van der Waals surface area contributed by atoms with E-state index in [-0.39, 0.29) is 5.41 Å². The Labute approximate surface area is 214 Å². The summed E-state index contributed by atoms with van der Waals surface area (Å²) in [4.78, 5) is 26.0. The molecule has 0 N–H and O–H groups in total. The molecule has 36 heavy (non-hydrogen) atoms. The molecule has 0 amide bonds. The van der Waals surface area contributed by atoms with Gasteiger partial charge >= 0.3 is 12.2 Å². The third-order valence-corrected chi connectivity index (χ3v) is 5.39. The fraction of sp³-hybridized carbons (Fsp3) is 0.448. The fourth-order valence-electron chi connectivity index (χ4n) is 3.80. The van der Waals surface area contributed by atoms with Gasteiger partial charge in [0.15, 0.2) is 0 Å². The minimum absolute atomic E-state index is 0.220. The molecule has 0 saturated heterocycles. The maximum Gasteiger partial charge on any atom is 0.418 e. The average molecular weight is 495 g/mol. The van der Waals surface area contributed by atoms with E-state index in [4.69, 9.17) is 14.2 Å². The molecule has 2 heterocycles. The van der Waals surface area contributed by atoms with Crippen LogP contribution >= 0.6 is 0 Å². The molecular weight excluding hydrogens is 456 g/mol. The zero-order valence-corrected chi connectivity index (χ0v) is 23.1. The van der Waals surface area contributed by atoms with E-state index in [1.807, 2.05) is 65.8 Å². The Hall–Kier alpha value is -3.48. The van der Waals surface area contributed by atoms with E-state index < -0.39 is 23.4 Å². The highest BCUT2D eigenvalue weighted by Crippen LogP contribution is 2.43. The van der Waals surface area contributed by atoms with E-state index >= 15 is 0 Å². The van der Waals surface area contributed by atoms with E-state index in [0.717, 1.165) is 5.56 Å². The van der Waals surface area contributed by atoms with Gasteiger partial charge in [0.2, 0.25) is 0 Å². The number of hydrogen-bond donors (Lipinski definition) is 0. The van der Waals surface area contributed by atoms with Crippen LogP contribution in [0.25, 0.3) is 22.5 Å². The second-order valence-corrected chi connectivity index (χ2v) is 11.8. The zero-order chi connectivity index (χ0) is 27.1. The average Bonchev–Trinajstić information content (AvgIpc) is 3.39. The van der Waals surface area contributed by atoms with Crippen LogP contribution in [0.2, 0.25) is 0 Å². The normalized spacial score (nSPS) is 12.4. The van der Waals surface area contributed by atoms with E-state index in [2.05, 4.69) is 20.8 Å². The molecule has 7 heteroatoms. The van der Waals surface area contributed by atoms with Crippen molar-refractivity contribution in [1.29, 1.82) is 0 Å². The molecule has 0 fully saturated rings. The fourth-order valence-corrected chi connectivity index (χ4v) is 3.80. The van der Waals surface area contributed by atoms with E-state index in [1.165, 1.54) is 9.13 Å². The van der Waals surface area contributed by atoms with Crippen LogP contribution < -0.4 is 4.74 Å². The number of rotatable bonds is 3. The predicted octanol–water partition coefficient (Wildman–Crippen LogP) is 7.50. The summed E-state index contributed by atoms with van der Waals surface area (Å²) >= 11 is 0. The number of benzene rings is 1. The van der Waals surface area contributed by atoms with E-state index in [1.54, 1.807) is 31.6 Å². The summed E-state index contributed by atoms with van der Waals surface area (Å²) in [5, 5.41) is 0. The molecule has 194 valence electrons. The number of carbonyl (C=O) groups is 2. The van der Waals surface area contributed by atoms with Crippen LogP contribution in [-0.2, 0) is 14.9 Å². The van der Waals surface area contributed by atoms with Gasteiger partial charge in [-0.05, 0) is 88.9 Å². The van der Waals surface area contributed by atoms with E-state index in [9.17, 15) is 9.59 Å². The highest BCUT2D eigenvalue weighted by atomic mass is 16.6. The molecule has 7 nitrogen and oxygen atoms in total. The molecule has 3 rings (SSSR count). The summed E-state index contributed by atoms with van der Waals surface area (Å²) in [5.74, 6) is 0.537. The van der Waals surface area contributed by atoms with Gasteiger partial charge in [-0.2, -0.15) is 0 Å². The first-order valence-electron chi connectivity index (χ1n) is 12.1. The number of ether oxygens (including phenoxy) is 3. The molecule has 0 aliphatic carbocycles. The molecule has 0 atom stereocenters. The largest absolute Gasteiger partial charge is 0.495 e. The van der Waals surface area contributed by atoms with Crippen LogP contribution in [-0.4, -0.2) is 39.6 Å². The van der Waals surface area contributed by atoms with Gasteiger partial charge in [-0.1, -0.05) is 20.8 Å². The van der Waals surface area contributed by atoms with Gasteiger partial charge in [0.25, 0.3) is 0 Å². The van der Waals surface area contributed by atoms with Gasteiger partial charge in [0, 0.05) is 23.5 Å². The molecule has 0 spiro atoms. The Kier molecular flexibility index (Phi) is 7.17. The van der Waals surface area contributed by atoms with Crippen LogP contribution in [0.1, 0.15) is 67.9 Å². The zero-order valence-electron chi connectivity index (χ0n) is 23.1. The van der Waals surface area contributed by atoms with Crippen molar-refractivity contribution < 1.29 is 23.8 Å². The lowest BCUT2D eigenvalue weighted by molar-refractivity contribution is 0.0529. The Morgan fingerprint density at radius 2 is 1.08 bits per heavy atom. The second kappa shape index (κ2) is 9.52. The Bertz CT molecular complexity index is 1170. The summed E-state index contributed by atoms with van der Waals surface area (Å²) < 4.78 is 20.2. The SMILES string of the molecule is COc1c(-c2cccn2C(=O)OC(C)(C)C)cc(C(C)(C)C)cc1-c1cccn1C(=O)OC(C)(C)C. The first kappa shape index (κ1) is 27.1. The van der Waals surface area contributed by atoms with Crippen molar-refractivity contribution in [3.05, 3.63) is 54.4 Å². The minimum atomic E-state index is -0.643. The van der Waals surface area contributed by atoms with Crippen molar-refractivity contribution >= 4 is 12.2 Å². The van der Waals surface area contributed by atoms with Crippen LogP contribution in [0.15, 0.2) is 48.8 Å². The van der Waals surface area contributed by atoms with Crippen molar-refractivity contribution in [3.63, 3.8) is 0 Å². The van der Waals surface area contributed by atoms with Crippen molar-refractivity contribution in [1.82, 2.24) is 9.13 Å². The lowest BCUT2D eigenvalue weighted by Crippen LogP contribution is -2.27. The molecule has 0 unspecified atom stereocenters. The highest BCUT2D eigenvalue weighted by molar-refractivity contribution is 5.88. The third-order valence-electron chi connectivity index (χ3n) is 5.39. The van der Waals surface area contributed by atoms with Gasteiger partial charge < -0.3 is 14.2 Å². The monoisotopic (exact) mass is 494 g/mol. The standard InChI is InChI=1S/C29H38N2O5/c1-27(2,3)19-17-20(22-13-11-15-30(22)25(32)35-28(4,5)6)24(34-10)21(18-19)23-14-12-16-31(23)26(33)36-29(7,8)9/h11-18H,1-10H3. The smallest absolute Gasteiger partial charge is 0.418 e. The summed E-state index contributed by atoms with van der Waals surface area (Å²) in [6.45, 7) is 17.3. The Morgan fingerprint density at radius 3 is 1.39 bits per heavy atom. The number of nitrogens with zero attached hydrogens (tertiary/aromatic N) is 2. The summed E-state index contributed by atoms with van der Waals surface area (Å²) in [6, 6.07) is 11.4. The van der Waals surface area contributed by atoms with Crippen LogP contribution in [0.4, 0.5) is 9.59 Å². The lowest BCUT2D eigenvalue weighted by Gasteiger charge is -2.25. The number of hydrogen-bond acceptors (Lipinski definition) is 5. The molecule has 3 aromatic rings. The maximum absolute atomic E-state index is 13.0. The van der Waals surface area contributed by atoms with Crippen molar-refractivity contribution in [2.45, 2.75) is 78.9 Å². The topological polar surface area (TPSA) is 71.7 Å². The van der Waals surface area contributed by atoms with Gasteiger partial charge in [0.05, 0.1) is 18.5 Å². The first-order valence-corrected chi connectivity index (χ1v) is 12.1. The van der Waals surface area contributed by atoms with Crippen molar-refractivity contribution in [3.8, 4) is 28.3 Å². The van der Waals surface area contributed by atoms with Crippen LogP contribution in [0.5, 0.6) is 5.75 Å². The van der Waals surface area contributed by atoms with Gasteiger partial charge in [-0.15, -0.1) is 0 Å². The Balaban J connectivity index is 2.27. The van der Waals surface area contributed by atoms with Crippen LogP contribution in [0, 0.1) is 0 Å². The molecule has 0 saturated carbocycles. The summed E-state index contributed by atoms with van der Waals surface area (Å²) in [5.41, 5.74) is 2.20. The molecule has 2 aromatic heterocycles. The van der Waals surface area contributed by atoms with Crippen molar-refractivity contribution in [2.24, 2.45) is 0 Å². The second-order valence-electron chi connectivity index (χ2n) is 11.8. The lowest BCUT2D eigenvalue weighted by atomic mass is 9.83. The maximum atomic E-state index is 13.0. The highest BCUT2D eigenvalue weighted by Gasteiger charge is 2.27. The molecular formula is C29H38N2O5.